The van der Waals surface area contributed by atoms with Crippen molar-refractivity contribution in [3.8, 4) is 0 Å². The molecule has 3 N–H and O–H groups in total. The number of rotatable bonds is 6. The van der Waals surface area contributed by atoms with Crippen LogP contribution in [0.3, 0.4) is 0 Å². The SMILES string of the molecule is CCCC(N)C(O)CC(C)c1sccc1C. The maximum atomic E-state index is 9.99. The summed E-state index contributed by atoms with van der Waals surface area (Å²) in [5.74, 6) is 0.401. The number of aliphatic hydroxyl groups excluding tert-OH is 1. The van der Waals surface area contributed by atoms with Crippen LogP contribution in [0.5, 0.6) is 0 Å². The average Bonchev–Trinajstić information content (AvgIpc) is 2.64. The smallest absolute Gasteiger partial charge is 0.0697 e. The summed E-state index contributed by atoms with van der Waals surface area (Å²) in [6, 6.07) is 2.06. The number of thiophene rings is 1. The van der Waals surface area contributed by atoms with E-state index in [4.69, 9.17) is 5.73 Å². The highest BCUT2D eigenvalue weighted by molar-refractivity contribution is 7.10. The fraction of sp³-hybridized carbons (Fsp3) is 0.692. The first-order valence-corrected chi connectivity index (χ1v) is 6.91. The van der Waals surface area contributed by atoms with E-state index in [1.807, 2.05) is 0 Å². The Balaban J connectivity index is 2.51. The molecular weight excluding hydrogens is 218 g/mol. The Morgan fingerprint density at radius 3 is 2.69 bits per heavy atom. The molecule has 0 aliphatic heterocycles. The van der Waals surface area contributed by atoms with E-state index in [0.717, 1.165) is 19.3 Å². The average molecular weight is 241 g/mol. The normalized spacial score (nSPS) is 17.1. The number of hydrogen-bond acceptors (Lipinski definition) is 3. The lowest BCUT2D eigenvalue weighted by molar-refractivity contribution is 0.124. The minimum Gasteiger partial charge on any atom is -0.391 e. The molecule has 1 heterocycles. The molecule has 0 radical (unpaired) electrons. The molecule has 1 aromatic rings. The van der Waals surface area contributed by atoms with E-state index >= 15 is 0 Å². The van der Waals surface area contributed by atoms with Crippen molar-refractivity contribution >= 4 is 11.3 Å². The zero-order valence-electron chi connectivity index (χ0n) is 10.4. The van der Waals surface area contributed by atoms with E-state index < -0.39 is 0 Å². The molecule has 3 heteroatoms. The Labute approximate surface area is 102 Å². The van der Waals surface area contributed by atoms with Crippen LogP contribution >= 0.6 is 11.3 Å². The third-order valence-electron chi connectivity index (χ3n) is 3.06. The maximum absolute atomic E-state index is 9.99. The Hall–Kier alpha value is -0.380. The monoisotopic (exact) mass is 241 g/mol. The predicted molar refractivity (Wildman–Crippen MR) is 71.0 cm³/mol. The second kappa shape index (κ2) is 6.38. The molecule has 1 aromatic heterocycles. The van der Waals surface area contributed by atoms with Crippen molar-refractivity contribution in [2.75, 3.05) is 0 Å². The maximum Gasteiger partial charge on any atom is 0.0697 e. The number of hydrogen-bond donors (Lipinski definition) is 2. The van der Waals surface area contributed by atoms with Gasteiger partial charge in [-0.25, -0.2) is 0 Å². The van der Waals surface area contributed by atoms with E-state index in [1.54, 1.807) is 11.3 Å². The molecule has 0 spiro atoms. The van der Waals surface area contributed by atoms with E-state index in [2.05, 4.69) is 32.2 Å². The van der Waals surface area contributed by atoms with E-state index in [1.165, 1.54) is 10.4 Å². The summed E-state index contributed by atoms with van der Waals surface area (Å²) in [5.41, 5.74) is 7.25. The summed E-state index contributed by atoms with van der Waals surface area (Å²) in [6.07, 6.45) is 2.32. The molecule has 92 valence electrons. The van der Waals surface area contributed by atoms with Gasteiger partial charge in [0.05, 0.1) is 6.10 Å². The van der Waals surface area contributed by atoms with Gasteiger partial charge in [0.15, 0.2) is 0 Å². The summed E-state index contributed by atoms with van der Waals surface area (Å²) in [5, 5.41) is 12.1. The second-order valence-corrected chi connectivity index (χ2v) is 5.57. The van der Waals surface area contributed by atoms with Gasteiger partial charge in [-0.3, -0.25) is 0 Å². The topological polar surface area (TPSA) is 46.2 Å². The van der Waals surface area contributed by atoms with Gasteiger partial charge in [-0.2, -0.15) is 0 Å². The Morgan fingerprint density at radius 2 is 2.19 bits per heavy atom. The first-order valence-electron chi connectivity index (χ1n) is 6.03. The van der Waals surface area contributed by atoms with Crippen molar-refractivity contribution in [3.63, 3.8) is 0 Å². The Morgan fingerprint density at radius 1 is 1.50 bits per heavy atom. The third-order valence-corrected chi connectivity index (χ3v) is 4.31. The van der Waals surface area contributed by atoms with Gasteiger partial charge in [-0.1, -0.05) is 20.3 Å². The van der Waals surface area contributed by atoms with E-state index in [9.17, 15) is 5.11 Å². The molecule has 0 fully saturated rings. The van der Waals surface area contributed by atoms with Crippen molar-refractivity contribution in [2.45, 2.75) is 58.1 Å². The van der Waals surface area contributed by atoms with Gasteiger partial charge in [0, 0.05) is 10.9 Å². The van der Waals surface area contributed by atoms with Gasteiger partial charge in [0.2, 0.25) is 0 Å². The van der Waals surface area contributed by atoms with Crippen molar-refractivity contribution in [1.29, 1.82) is 0 Å². The van der Waals surface area contributed by atoms with Crippen LogP contribution in [-0.4, -0.2) is 17.3 Å². The predicted octanol–water partition coefficient (Wildman–Crippen LogP) is 3.04. The van der Waals surface area contributed by atoms with Gasteiger partial charge in [0.1, 0.15) is 0 Å². The molecule has 0 aromatic carbocycles. The van der Waals surface area contributed by atoms with Crippen LogP contribution in [0.4, 0.5) is 0 Å². The fourth-order valence-electron chi connectivity index (χ4n) is 2.06. The lowest BCUT2D eigenvalue weighted by Gasteiger charge is -2.21. The molecule has 0 aliphatic carbocycles. The molecule has 3 atom stereocenters. The molecule has 0 bridgehead atoms. The van der Waals surface area contributed by atoms with Crippen LogP contribution < -0.4 is 5.73 Å². The first kappa shape index (κ1) is 13.7. The van der Waals surface area contributed by atoms with Gasteiger partial charge >= 0.3 is 0 Å². The van der Waals surface area contributed by atoms with Crippen LogP contribution in [0.15, 0.2) is 11.4 Å². The molecule has 0 amide bonds. The summed E-state index contributed by atoms with van der Waals surface area (Å²) in [7, 11) is 0. The van der Waals surface area contributed by atoms with Gasteiger partial charge in [-0.15, -0.1) is 11.3 Å². The lowest BCUT2D eigenvalue weighted by atomic mass is 9.94. The molecular formula is C13H23NOS. The number of nitrogens with two attached hydrogens (primary N) is 1. The standard InChI is InChI=1S/C13H23NOS/c1-4-5-11(14)12(15)8-10(3)13-9(2)6-7-16-13/h6-7,10-12,15H,4-5,8,14H2,1-3H3. The summed E-state index contributed by atoms with van der Waals surface area (Å²) < 4.78 is 0. The van der Waals surface area contributed by atoms with Crippen LogP contribution in [0.2, 0.25) is 0 Å². The van der Waals surface area contributed by atoms with Crippen LogP contribution in [0, 0.1) is 6.92 Å². The Bertz CT molecular complexity index is 311. The van der Waals surface area contributed by atoms with Crippen molar-refractivity contribution in [3.05, 3.63) is 21.9 Å². The molecule has 0 saturated heterocycles. The van der Waals surface area contributed by atoms with Crippen LogP contribution in [0.25, 0.3) is 0 Å². The summed E-state index contributed by atoms with van der Waals surface area (Å²) in [4.78, 5) is 1.38. The largest absolute Gasteiger partial charge is 0.391 e. The summed E-state index contributed by atoms with van der Waals surface area (Å²) >= 11 is 1.77. The minimum atomic E-state index is -0.378. The second-order valence-electron chi connectivity index (χ2n) is 4.62. The number of aliphatic hydroxyl groups is 1. The highest BCUT2D eigenvalue weighted by Crippen LogP contribution is 2.29. The van der Waals surface area contributed by atoms with Gasteiger partial charge in [-0.05, 0) is 42.7 Å². The lowest BCUT2D eigenvalue weighted by Crippen LogP contribution is -2.35. The van der Waals surface area contributed by atoms with Crippen molar-refractivity contribution in [1.82, 2.24) is 0 Å². The van der Waals surface area contributed by atoms with Crippen LogP contribution in [0.1, 0.15) is 49.5 Å². The first-order chi connectivity index (χ1) is 7.56. The van der Waals surface area contributed by atoms with Gasteiger partial charge < -0.3 is 10.8 Å². The number of aryl methyl sites for hydroxylation is 1. The fourth-order valence-corrected chi connectivity index (χ4v) is 3.06. The molecule has 2 nitrogen and oxygen atoms in total. The molecule has 0 saturated carbocycles. The minimum absolute atomic E-state index is 0.0762. The van der Waals surface area contributed by atoms with E-state index in [0.29, 0.717) is 5.92 Å². The van der Waals surface area contributed by atoms with E-state index in [-0.39, 0.29) is 12.1 Å². The molecule has 16 heavy (non-hydrogen) atoms. The quantitative estimate of drug-likeness (QED) is 0.804. The van der Waals surface area contributed by atoms with Crippen molar-refractivity contribution < 1.29 is 5.11 Å². The third kappa shape index (κ3) is 3.58. The zero-order valence-corrected chi connectivity index (χ0v) is 11.3. The molecule has 3 unspecified atom stereocenters. The van der Waals surface area contributed by atoms with Crippen LogP contribution in [-0.2, 0) is 0 Å². The van der Waals surface area contributed by atoms with Crippen molar-refractivity contribution in [2.24, 2.45) is 5.73 Å². The molecule has 0 aliphatic rings. The zero-order chi connectivity index (χ0) is 12.1. The highest BCUT2D eigenvalue weighted by atomic mass is 32.1. The van der Waals surface area contributed by atoms with Gasteiger partial charge in [0.25, 0.3) is 0 Å². The summed E-state index contributed by atoms with van der Waals surface area (Å²) in [6.45, 7) is 6.39. The Kier molecular flexibility index (Phi) is 5.46. The molecule has 1 rings (SSSR count). The highest BCUT2D eigenvalue weighted by Gasteiger charge is 2.19.